The molecule has 1 amide bonds. The van der Waals surface area contributed by atoms with E-state index in [0.29, 0.717) is 43.9 Å². The Labute approximate surface area is 159 Å². The third kappa shape index (κ3) is 3.97. The molecule has 0 unspecified atom stereocenters. The summed E-state index contributed by atoms with van der Waals surface area (Å²) in [5.41, 5.74) is 0.454. The predicted molar refractivity (Wildman–Crippen MR) is 103 cm³/mol. The molecule has 0 spiro atoms. The number of carbonyl (C=O) groups is 2. The molecule has 1 aliphatic heterocycles. The van der Waals surface area contributed by atoms with Gasteiger partial charge in [-0.05, 0) is 43.0 Å². The molecule has 0 radical (unpaired) electrons. The van der Waals surface area contributed by atoms with Crippen molar-refractivity contribution in [1.82, 2.24) is 4.90 Å². The van der Waals surface area contributed by atoms with Gasteiger partial charge in [0.15, 0.2) is 0 Å². The number of hydrogen-bond donors (Lipinski definition) is 1. The van der Waals surface area contributed by atoms with E-state index < -0.39 is 11.4 Å². The van der Waals surface area contributed by atoms with Crippen LogP contribution < -0.4 is 4.74 Å². The molecular weight excluding hydrogens is 342 g/mol. The summed E-state index contributed by atoms with van der Waals surface area (Å²) < 4.78 is 5.61. The highest BCUT2D eigenvalue weighted by atomic mass is 16.5. The lowest BCUT2D eigenvalue weighted by atomic mass is 9.73. The van der Waals surface area contributed by atoms with E-state index in [1.54, 1.807) is 17.0 Å². The van der Waals surface area contributed by atoms with E-state index in [1.165, 1.54) is 0 Å². The van der Waals surface area contributed by atoms with Gasteiger partial charge in [-0.2, -0.15) is 0 Å². The number of benzene rings is 2. The molecule has 1 N–H and O–H groups in total. The van der Waals surface area contributed by atoms with Crippen LogP contribution in [0.1, 0.15) is 42.1 Å². The van der Waals surface area contributed by atoms with Gasteiger partial charge in [0.2, 0.25) is 0 Å². The quantitative estimate of drug-likeness (QED) is 0.845. The minimum absolute atomic E-state index is 0.0796. The zero-order valence-corrected chi connectivity index (χ0v) is 15.6. The van der Waals surface area contributed by atoms with Crippen molar-refractivity contribution in [2.75, 3.05) is 19.7 Å². The molecule has 27 heavy (non-hydrogen) atoms. The first-order valence-corrected chi connectivity index (χ1v) is 9.38. The number of amides is 1. The van der Waals surface area contributed by atoms with E-state index in [2.05, 4.69) is 0 Å². The Hall–Kier alpha value is -2.82. The van der Waals surface area contributed by atoms with Gasteiger partial charge < -0.3 is 14.7 Å². The summed E-state index contributed by atoms with van der Waals surface area (Å²) in [4.78, 5) is 26.7. The van der Waals surface area contributed by atoms with E-state index in [4.69, 9.17) is 4.74 Å². The molecule has 2 aromatic carbocycles. The van der Waals surface area contributed by atoms with Gasteiger partial charge in [-0.25, -0.2) is 0 Å². The van der Waals surface area contributed by atoms with Gasteiger partial charge in [-0.1, -0.05) is 43.3 Å². The Balaban J connectivity index is 1.73. The number of carbonyl (C=O) groups excluding carboxylic acids is 1. The van der Waals surface area contributed by atoms with Crippen molar-refractivity contribution in [3.63, 3.8) is 0 Å². The summed E-state index contributed by atoms with van der Waals surface area (Å²) in [5.74, 6) is -0.219. The fourth-order valence-corrected chi connectivity index (χ4v) is 3.60. The SMILES string of the molecule is CCCOc1cccc(C(=O)N2CCC(C(=O)O)(c3ccccc3)CC2)c1. The number of aliphatic carboxylic acids is 1. The third-order valence-electron chi connectivity index (χ3n) is 5.19. The Kier molecular flexibility index (Phi) is 5.79. The Morgan fingerprint density at radius 2 is 1.78 bits per heavy atom. The standard InChI is InChI=1S/C22H25NO4/c1-2-15-27-19-10-6-7-17(16-19)20(24)23-13-11-22(12-14-23,21(25)26)18-8-4-3-5-9-18/h3-10,16H,2,11-15H2,1H3,(H,25,26). The zero-order chi connectivity index (χ0) is 19.3. The topological polar surface area (TPSA) is 66.8 Å². The molecule has 0 bridgehead atoms. The zero-order valence-electron chi connectivity index (χ0n) is 15.6. The van der Waals surface area contributed by atoms with Gasteiger partial charge in [0.1, 0.15) is 5.75 Å². The first-order chi connectivity index (χ1) is 13.1. The maximum absolute atomic E-state index is 12.9. The average Bonchev–Trinajstić information content (AvgIpc) is 2.72. The molecular formula is C22H25NO4. The van der Waals surface area contributed by atoms with Crippen molar-refractivity contribution < 1.29 is 19.4 Å². The number of carboxylic acid groups (broad SMARTS) is 1. The summed E-state index contributed by atoms with van der Waals surface area (Å²) in [6.07, 6.45) is 1.72. The van der Waals surface area contributed by atoms with E-state index in [1.807, 2.05) is 49.4 Å². The monoisotopic (exact) mass is 367 g/mol. The summed E-state index contributed by atoms with van der Waals surface area (Å²) in [6, 6.07) is 16.5. The van der Waals surface area contributed by atoms with Gasteiger partial charge in [-0.3, -0.25) is 9.59 Å². The van der Waals surface area contributed by atoms with E-state index in [-0.39, 0.29) is 5.91 Å². The Morgan fingerprint density at radius 3 is 2.41 bits per heavy atom. The molecule has 2 aromatic rings. The maximum Gasteiger partial charge on any atom is 0.314 e. The van der Waals surface area contributed by atoms with Crippen molar-refractivity contribution in [3.05, 3.63) is 65.7 Å². The second-order valence-electron chi connectivity index (χ2n) is 6.92. The Bertz CT molecular complexity index is 795. The van der Waals surface area contributed by atoms with Crippen LogP contribution in [0.5, 0.6) is 5.75 Å². The van der Waals surface area contributed by atoms with Crippen molar-refractivity contribution in [2.24, 2.45) is 0 Å². The Morgan fingerprint density at radius 1 is 1.07 bits per heavy atom. The van der Waals surface area contributed by atoms with E-state index >= 15 is 0 Å². The van der Waals surface area contributed by atoms with Crippen LogP contribution in [-0.4, -0.2) is 41.6 Å². The maximum atomic E-state index is 12.9. The second kappa shape index (κ2) is 8.25. The summed E-state index contributed by atoms with van der Waals surface area (Å²) in [7, 11) is 0. The van der Waals surface area contributed by atoms with Gasteiger partial charge in [0, 0.05) is 18.7 Å². The third-order valence-corrected chi connectivity index (χ3v) is 5.19. The number of piperidine rings is 1. The lowest BCUT2D eigenvalue weighted by Crippen LogP contribution is -2.49. The normalized spacial score (nSPS) is 16.0. The van der Waals surface area contributed by atoms with Crippen molar-refractivity contribution in [2.45, 2.75) is 31.6 Å². The molecule has 5 nitrogen and oxygen atoms in total. The van der Waals surface area contributed by atoms with Crippen LogP contribution in [0.25, 0.3) is 0 Å². The smallest absolute Gasteiger partial charge is 0.314 e. The molecule has 3 rings (SSSR count). The van der Waals surface area contributed by atoms with Crippen LogP contribution in [0.2, 0.25) is 0 Å². The fourth-order valence-electron chi connectivity index (χ4n) is 3.60. The van der Waals surface area contributed by atoms with E-state index in [9.17, 15) is 14.7 Å². The van der Waals surface area contributed by atoms with Crippen LogP contribution in [0.15, 0.2) is 54.6 Å². The number of nitrogens with zero attached hydrogens (tertiary/aromatic N) is 1. The largest absolute Gasteiger partial charge is 0.494 e. The minimum Gasteiger partial charge on any atom is -0.494 e. The highest BCUT2D eigenvalue weighted by Crippen LogP contribution is 2.36. The molecule has 0 aromatic heterocycles. The van der Waals surface area contributed by atoms with Crippen molar-refractivity contribution in [3.8, 4) is 5.75 Å². The van der Waals surface area contributed by atoms with E-state index in [0.717, 1.165) is 12.0 Å². The molecule has 5 heteroatoms. The van der Waals surface area contributed by atoms with Crippen LogP contribution in [0.4, 0.5) is 0 Å². The fraction of sp³-hybridized carbons (Fsp3) is 0.364. The number of rotatable bonds is 6. The average molecular weight is 367 g/mol. The van der Waals surface area contributed by atoms with Crippen LogP contribution in [0, 0.1) is 0 Å². The summed E-state index contributed by atoms with van der Waals surface area (Å²) in [5, 5.41) is 9.88. The van der Waals surface area contributed by atoms with Gasteiger partial charge >= 0.3 is 5.97 Å². The molecule has 1 fully saturated rings. The highest BCUT2D eigenvalue weighted by Gasteiger charge is 2.43. The minimum atomic E-state index is -0.926. The van der Waals surface area contributed by atoms with Crippen molar-refractivity contribution in [1.29, 1.82) is 0 Å². The second-order valence-corrected chi connectivity index (χ2v) is 6.92. The molecule has 0 aliphatic carbocycles. The number of ether oxygens (including phenoxy) is 1. The summed E-state index contributed by atoms with van der Waals surface area (Å²) >= 11 is 0. The molecule has 0 saturated carbocycles. The van der Waals surface area contributed by atoms with Gasteiger partial charge in [0.25, 0.3) is 5.91 Å². The van der Waals surface area contributed by atoms with Crippen molar-refractivity contribution >= 4 is 11.9 Å². The molecule has 142 valence electrons. The van der Waals surface area contributed by atoms with Crippen LogP contribution in [0.3, 0.4) is 0 Å². The number of carboxylic acids is 1. The lowest BCUT2D eigenvalue weighted by molar-refractivity contribution is -0.145. The molecule has 1 saturated heterocycles. The number of likely N-dealkylation sites (tertiary alicyclic amines) is 1. The van der Waals surface area contributed by atoms with Crippen LogP contribution >= 0.6 is 0 Å². The first kappa shape index (κ1) is 19.0. The van der Waals surface area contributed by atoms with Gasteiger partial charge in [0.05, 0.1) is 12.0 Å². The van der Waals surface area contributed by atoms with Gasteiger partial charge in [-0.15, -0.1) is 0 Å². The number of hydrogen-bond acceptors (Lipinski definition) is 3. The molecule has 1 aliphatic rings. The molecule has 1 heterocycles. The predicted octanol–water partition coefficient (Wildman–Crippen LogP) is 3.73. The molecule has 0 atom stereocenters. The lowest BCUT2D eigenvalue weighted by Gasteiger charge is -2.39. The first-order valence-electron chi connectivity index (χ1n) is 9.38. The highest BCUT2D eigenvalue weighted by molar-refractivity contribution is 5.95. The van der Waals surface area contributed by atoms with Crippen LogP contribution in [-0.2, 0) is 10.2 Å². The summed E-state index contributed by atoms with van der Waals surface area (Å²) in [6.45, 7) is 3.48.